The molecule has 0 bridgehead atoms. The molecule has 98 valence electrons. The number of hydrogen-bond acceptors (Lipinski definition) is 2. The molecule has 1 atom stereocenters. The largest absolute Gasteiger partial charge is 0.289 e. The Morgan fingerprint density at radius 2 is 1.47 bits per heavy atom. The molecule has 0 aliphatic rings. The molecule has 0 radical (unpaired) electrons. The quantitative estimate of drug-likeness (QED) is 0.723. The van der Waals surface area contributed by atoms with E-state index in [9.17, 15) is 4.79 Å². The second-order valence-electron chi connectivity index (χ2n) is 4.34. The summed E-state index contributed by atoms with van der Waals surface area (Å²) >= 11 is 5.17. The average molecular weight is 335 g/mol. The summed E-state index contributed by atoms with van der Waals surface area (Å²) in [5.41, 5.74) is 2.70. The maximum Gasteiger partial charge on any atom is 0.193 e. The second kappa shape index (κ2) is 6.40. The van der Waals surface area contributed by atoms with Crippen LogP contribution in [0.1, 0.15) is 33.7 Å². The third-order valence-electron chi connectivity index (χ3n) is 3.10. The summed E-state index contributed by atoms with van der Waals surface area (Å²) in [6, 6.07) is 15.3. The Morgan fingerprint density at radius 3 is 1.95 bits per heavy atom. The zero-order valence-electron chi connectivity index (χ0n) is 10.9. The minimum Gasteiger partial charge on any atom is -0.289 e. The fraction of sp³-hybridized carbons (Fsp3) is 0.188. The van der Waals surface area contributed by atoms with Crippen LogP contribution in [0.15, 0.2) is 53.0 Å². The van der Waals surface area contributed by atoms with Crippen molar-refractivity contribution in [1.82, 2.24) is 0 Å². The van der Waals surface area contributed by atoms with Gasteiger partial charge in [0.05, 0.1) is 0 Å². The van der Waals surface area contributed by atoms with Crippen LogP contribution in [-0.2, 0) is 0 Å². The van der Waals surface area contributed by atoms with Crippen molar-refractivity contribution in [3.8, 4) is 0 Å². The Labute approximate surface area is 126 Å². The van der Waals surface area contributed by atoms with Crippen LogP contribution in [-0.4, -0.2) is 12.0 Å². The van der Waals surface area contributed by atoms with Gasteiger partial charge in [-0.05, 0) is 43.0 Å². The van der Waals surface area contributed by atoms with E-state index in [0.29, 0.717) is 10.8 Å². The average Bonchev–Trinajstić information content (AvgIpc) is 2.46. The van der Waals surface area contributed by atoms with E-state index in [1.54, 1.807) is 11.8 Å². The number of thioether (sulfide) groups is 1. The van der Waals surface area contributed by atoms with E-state index >= 15 is 0 Å². The van der Waals surface area contributed by atoms with Crippen molar-refractivity contribution >= 4 is 33.5 Å². The topological polar surface area (TPSA) is 17.1 Å². The van der Waals surface area contributed by atoms with Gasteiger partial charge in [0.1, 0.15) is 0 Å². The summed E-state index contributed by atoms with van der Waals surface area (Å²) in [4.78, 5) is 12.3. The molecule has 1 unspecified atom stereocenters. The first-order valence-electron chi connectivity index (χ1n) is 6.05. The number of benzene rings is 2. The highest BCUT2D eigenvalue weighted by molar-refractivity contribution is 9.10. The van der Waals surface area contributed by atoms with E-state index < -0.39 is 0 Å². The van der Waals surface area contributed by atoms with Crippen molar-refractivity contribution in [3.05, 3.63) is 69.7 Å². The molecule has 0 fully saturated rings. The Morgan fingerprint density at radius 1 is 1.00 bits per heavy atom. The molecule has 2 rings (SSSR count). The third kappa shape index (κ3) is 3.48. The van der Waals surface area contributed by atoms with Crippen LogP contribution in [0, 0.1) is 0 Å². The van der Waals surface area contributed by atoms with Gasteiger partial charge in [-0.3, -0.25) is 4.79 Å². The van der Waals surface area contributed by atoms with Gasteiger partial charge in [0, 0.05) is 20.8 Å². The normalized spacial score (nSPS) is 12.2. The molecular weight excluding hydrogens is 320 g/mol. The SMILES string of the molecule is CSC(C)c1ccc(C(=O)c2ccc(Br)cc2)cc1. The molecule has 0 amide bonds. The highest BCUT2D eigenvalue weighted by atomic mass is 79.9. The molecule has 0 spiro atoms. The number of halogens is 1. The predicted molar refractivity (Wildman–Crippen MR) is 85.9 cm³/mol. The number of carbonyl (C=O) groups excluding carboxylic acids is 1. The van der Waals surface area contributed by atoms with E-state index in [0.717, 1.165) is 10.0 Å². The molecule has 19 heavy (non-hydrogen) atoms. The Kier molecular flexibility index (Phi) is 4.83. The first kappa shape index (κ1) is 14.4. The standard InChI is InChI=1S/C16H15BrOS/c1-11(19-2)12-3-5-13(6-4-12)16(18)14-7-9-15(17)10-8-14/h3-11H,1-2H3. The number of carbonyl (C=O) groups is 1. The van der Waals surface area contributed by atoms with E-state index in [-0.39, 0.29) is 5.78 Å². The summed E-state index contributed by atoms with van der Waals surface area (Å²) in [6.07, 6.45) is 2.09. The van der Waals surface area contributed by atoms with Crippen molar-refractivity contribution in [2.75, 3.05) is 6.26 Å². The van der Waals surface area contributed by atoms with Crippen LogP contribution in [0.4, 0.5) is 0 Å². The first-order valence-corrected chi connectivity index (χ1v) is 8.13. The summed E-state index contributed by atoms with van der Waals surface area (Å²) in [5.74, 6) is 0.0656. The highest BCUT2D eigenvalue weighted by Gasteiger charge is 2.10. The zero-order chi connectivity index (χ0) is 13.8. The van der Waals surface area contributed by atoms with E-state index in [1.165, 1.54) is 5.56 Å². The van der Waals surface area contributed by atoms with Gasteiger partial charge in [-0.15, -0.1) is 0 Å². The summed E-state index contributed by atoms with van der Waals surface area (Å²) in [7, 11) is 0. The Bertz CT molecular complexity index is 560. The van der Waals surface area contributed by atoms with Gasteiger partial charge in [-0.2, -0.15) is 11.8 Å². The lowest BCUT2D eigenvalue weighted by Gasteiger charge is -2.09. The predicted octanol–water partition coefficient (Wildman–Crippen LogP) is 5.10. The molecule has 2 aromatic carbocycles. The molecule has 0 saturated carbocycles. The van der Waals surface area contributed by atoms with Gasteiger partial charge in [-0.1, -0.05) is 40.2 Å². The third-order valence-corrected chi connectivity index (χ3v) is 4.61. The van der Waals surface area contributed by atoms with Gasteiger partial charge < -0.3 is 0 Å². The van der Waals surface area contributed by atoms with E-state index in [2.05, 4.69) is 29.1 Å². The molecule has 2 aromatic rings. The summed E-state index contributed by atoms with van der Waals surface area (Å²) in [6.45, 7) is 2.16. The molecular formula is C16H15BrOS. The lowest BCUT2D eigenvalue weighted by atomic mass is 10.0. The number of rotatable bonds is 4. The molecule has 0 heterocycles. The molecule has 3 heteroatoms. The van der Waals surface area contributed by atoms with Gasteiger partial charge in [0.15, 0.2) is 5.78 Å². The monoisotopic (exact) mass is 334 g/mol. The van der Waals surface area contributed by atoms with Gasteiger partial charge in [0.2, 0.25) is 0 Å². The lowest BCUT2D eigenvalue weighted by molar-refractivity contribution is 0.103. The van der Waals surface area contributed by atoms with Gasteiger partial charge in [0.25, 0.3) is 0 Å². The number of hydrogen-bond donors (Lipinski definition) is 0. The smallest absolute Gasteiger partial charge is 0.193 e. The fourth-order valence-electron chi connectivity index (χ4n) is 1.81. The molecule has 0 aromatic heterocycles. The van der Waals surface area contributed by atoms with Crippen molar-refractivity contribution in [2.24, 2.45) is 0 Å². The van der Waals surface area contributed by atoms with Crippen LogP contribution in [0.2, 0.25) is 0 Å². The van der Waals surface area contributed by atoms with Crippen LogP contribution in [0.3, 0.4) is 0 Å². The first-order chi connectivity index (χ1) is 9.11. The Hall–Kier alpha value is -1.06. The Balaban J connectivity index is 2.22. The molecule has 1 nitrogen and oxygen atoms in total. The number of ketones is 1. The fourth-order valence-corrected chi connectivity index (χ4v) is 2.50. The zero-order valence-corrected chi connectivity index (χ0v) is 13.3. The molecule has 0 aliphatic heterocycles. The van der Waals surface area contributed by atoms with Crippen molar-refractivity contribution in [3.63, 3.8) is 0 Å². The molecule has 0 aliphatic carbocycles. The van der Waals surface area contributed by atoms with Crippen molar-refractivity contribution < 1.29 is 4.79 Å². The van der Waals surface area contributed by atoms with E-state index in [4.69, 9.17) is 0 Å². The van der Waals surface area contributed by atoms with Crippen LogP contribution in [0.5, 0.6) is 0 Å². The summed E-state index contributed by atoms with van der Waals surface area (Å²) < 4.78 is 0.980. The van der Waals surface area contributed by atoms with Crippen molar-refractivity contribution in [1.29, 1.82) is 0 Å². The van der Waals surface area contributed by atoms with Crippen LogP contribution >= 0.6 is 27.7 Å². The lowest BCUT2D eigenvalue weighted by Crippen LogP contribution is -2.01. The van der Waals surface area contributed by atoms with Crippen LogP contribution < -0.4 is 0 Å². The summed E-state index contributed by atoms with van der Waals surface area (Å²) in [5, 5.41) is 0.455. The van der Waals surface area contributed by atoms with Gasteiger partial charge in [-0.25, -0.2) is 0 Å². The maximum atomic E-state index is 12.3. The maximum absolute atomic E-state index is 12.3. The van der Waals surface area contributed by atoms with E-state index in [1.807, 2.05) is 48.5 Å². The molecule has 0 N–H and O–H groups in total. The molecule has 0 saturated heterocycles. The second-order valence-corrected chi connectivity index (χ2v) is 6.43. The highest BCUT2D eigenvalue weighted by Crippen LogP contribution is 2.26. The minimum atomic E-state index is 0.0656. The van der Waals surface area contributed by atoms with Crippen LogP contribution in [0.25, 0.3) is 0 Å². The van der Waals surface area contributed by atoms with Crippen molar-refractivity contribution in [2.45, 2.75) is 12.2 Å². The van der Waals surface area contributed by atoms with Gasteiger partial charge >= 0.3 is 0 Å². The minimum absolute atomic E-state index is 0.0656.